The van der Waals surface area contributed by atoms with Crippen molar-refractivity contribution in [3.8, 4) is 0 Å². The molecule has 1 aromatic carbocycles. The number of benzene rings is 1. The van der Waals surface area contributed by atoms with Crippen molar-refractivity contribution in [2.24, 2.45) is 0 Å². The van der Waals surface area contributed by atoms with Crippen LogP contribution in [0, 0.1) is 0 Å². The van der Waals surface area contributed by atoms with Gasteiger partial charge in [-0.05, 0) is 44.0 Å². The van der Waals surface area contributed by atoms with E-state index in [1.807, 2.05) is 0 Å². The molecule has 1 heterocycles. The summed E-state index contributed by atoms with van der Waals surface area (Å²) in [7, 11) is -0.526. The molecule has 2 N–H and O–H groups in total. The van der Waals surface area contributed by atoms with E-state index < -0.39 is 10.0 Å². The van der Waals surface area contributed by atoms with Crippen LogP contribution >= 0.6 is 12.4 Å². The molecule has 1 amide bonds. The van der Waals surface area contributed by atoms with Gasteiger partial charge < -0.3 is 10.6 Å². The Kier molecular flexibility index (Phi) is 7.47. The van der Waals surface area contributed by atoms with Crippen molar-refractivity contribution in [1.82, 2.24) is 9.62 Å². The number of sulfonamides is 1. The number of anilines is 1. The molecule has 0 radical (unpaired) electrons. The van der Waals surface area contributed by atoms with Crippen LogP contribution in [0.5, 0.6) is 0 Å². The summed E-state index contributed by atoms with van der Waals surface area (Å²) < 4.78 is 25.3. The third-order valence-electron chi connectivity index (χ3n) is 3.78. The highest BCUT2D eigenvalue weighted by atomic mass is 35.5. The minimum absolute atomic E-state index is 0. The lowest BCUT2D eigenvalue weighted by Crippen LogP contribution is -2.24. The van der Waals surface area contributed by atoms with Crippen LogP contribution in [0.1, 0.15) is 25.7 Å². The fraction of sp³-hybridized carbons (Fsp3) is 0.533. The molecule has 0 aromatic heterocycles. The van der Waals surface area contributed by atoms with Crippen molar-refractivity contribution in [3.63, 3.8) is 0 Å². The van der Waals surface area contributed by atoms with Crippen LogP contribution in [0.25, 0.3) is 0 Å². The van der Waals surface area contributed by atoms with E-state index in [1.54, 1.807) is 12.1 Å². The predicted octanol–water partition coefficient (Wildman–Crippen LogP) is 1.83. The van der Waals surface area contributed by atoms with Gasteiger partial charge in [0, 0.05) is 32.2 Å². The van der Waals surface area contributed by atoms with Gasteiger partial charge >= 0.3 is 0 Å². The second-order valence-corrected chi connectivity index (χ2v) is 7.85. The highest BCUT2D eigenvalue weighted by Crippen LogP contribution is 2.18. The van der Waals surface area contributed by atoms with Crippen molar-refractivity contribution < 1.29 is 13.2 Å². The predicted molar refractivity (Wildman–Crippen MR) is 93.5 cm³/mol. The van der Waals surface area contributed by atoms with Crippen LogP contribution in [-0.4, -0.2) is 45.3 Å². The number of rotatable bonds is 6. The van der Waals surface area contributed by atoms with Gasteiger partial charge in [0.05, 0.1) is 4.90 Å². The van der Waals surface area contributed by atoms with Gasteiger partial charge in [0.2, 0.25) is 15.9 Å². The summed E-state index contributed by atoms with van der Waals surface area (Å²) in [6, 6.07) is 6.76. The van der Waals surface area contributed by atoms with Crippen LogP contribution < -0.4 is 10.6 Å². The monoisotopic (exact) mass is 361 g/mol. The molecule has 1 unspecified atom stereocenters. The third kappa shape index (κ3) is 5.46. The van der Waals surface area contributed by atoms with Crippen molar-refractivity contribution in [2.75, 3.05) is 26.0 Å². The maximum Gasteiger partial charge on any atom is 0.242 e. The number of halogens is 1. The van der Waals surface area contributed by atoms with Gasteiger partial charge in [-0.3, -0.25) is 4.79 Å². The number of nitrogens with zero attached hydrogens (tertiary/aromatic N) is 1. The summed E-state index contributed by atoms with van der Waals surface area (Å²) in [5.74, 6) is -0.0897. The maximum absolute atomic E-state index is 12.1. The Hall–Kier alpha value is -1.15. The lowest BCUT2D eigenvalue weighted by atomic mass is 10.1. The number of hydrogen-bond acceptors (Lipinski definition) is 4. The Morgan fingerprint density at radius 1 is 1.39 bits per heavy atom. The van der Waals surface area contributed by atoms with E-state index in [4.69, 9.17) is 0 Å². The van der Waals surface area contributed by atoms with Crippen molar-refractivity contribution in [2.45, 2.75) is 36.6 Å². The van der Waals surface area contributed by atoms with Gasteiger partial charge in [0.15, 0.2) is 0 Å². The Labute approximate surface area is 144 Å². The van der Waals surface area contributed by atoms with Crippen LogP contribution in [0.3, 0.4) is 0 Å². The molecule has 0 spiro atoms. The second-order valence-electron chi connectivity index (χ2n) is 5.70. The van der Waals surface area contributed by atoms with E-state index in [-0.39, 0.29) is 23.2 Å². The fourth-order valence-electron chi connectivity index (χ4n) is 2.48. The minimum Gasteiger partial charge on any atom is -0.326 e. The molecule has 0 aliphatic carbocycles. The summed E-state index contributed by atoms with van der Waals surface area (Å²) in [6.07, 6.45) is 3.52. The second kappa shape index (κ2) is 8.63. The fourth-order valence-corrected chi connectivity index (χ4v) is 3.43. The molecule has 130 valence electrons. The first-order chi connectivity index (χ1) is 10.4. The van der Waals surface area contributed by atoms with Crippen LogP contribution in [0.4, 0.5) is 5.69 Å². The molecular weight excluding hydrogens is 338 g/mol. The quantitative estimate of drug-likeness (QED) is 0.810. The molecule has 6 nitrogen and oxygen atoms in total. The number of nitrogens with one attached hydrogen (secondary N) is 2. The largest absolute Gasteiger partial charge is 0.326 e. The first-order valence-corrected chi connectivity index (χ1v) is 8.89. The van der Waals surface area contributed by atoms with E-state index in [9.17, 15) is 13.2 Å². The number of amides is 1. The summed E-state index contributed by atoms with van der Waals surface area (Å²) in [4.78, 5) is 12.1. The molecule has 2 rings (SSSR count). The van der Waals surface area contributed by atoms with Crippen LogP contribution in [0.2, 0.25) is 0 Å². The Bertz CT molecular complexity index is 629. The van der Waals surface area contributed by atoms with Crippen molar-refractivity contribution >= 4 is 34.0 Å². The van der Waals surface area contributed by atoms with Crippen molar-refractivity contribution in [1.29, 1.82) is 0 Å². The lowest BCUT2D eigenvalue weighted by Gasteiger charge is -2.13. The van der Waals surface area contributed by atoms with Gasteiger partial charge in [-0.2, -0.15) is 0 Å². The highest BCUT2D eigenvalue weighted by Gasteiger charge is 2.18. The van der Waals surface area contributed by atoms with Gasteiger partial charge in [-0.15, -0.1) is 12.4 Å². The summed E-state index contributed by atoms with van der Waals surface area (Å²) in [6.45, 7) is 1.02. The third-order valence-corrected chi connectivity index (χ3v) is 5.59. The summed E-state index contributed by atoms with van der Waals surface area (Å²) in [5, 5.41) is 6.12. The summed E-state index contributed by atoms with van der Waals surface area (Å²) in [5.41, 5.74) is 0.507. The molecule has 1 aromatic rings. The van der Waals surface area contributed by atoms with Crippen molar-refractivity contribution in [3.05, 3.63) is 24.3 Å². The Balaban J connectivity index is 0.00000264. The average molecular weight is 362 g/mol. The molecule has 23 heavy (non-hydrogen) atoms. The Morgan fingerprint density at radius 3 is 2.74 bits per heavy atom. The zero-order chi connectivity index (χ0) is 16.2. The van der Waals surface area contributed by atoms with Gasteiger partial charge in [0.1, 0.15) is 0 Å². The van der Waals surface area contributed by atoms with E-state index in [2.05, 4.69) is 10.6 Å². The van der Waals surface area contributed by atoms with Gasteiger partial charge in [-0.1, -0.05) is 6.07 Å². The molecule has 0 saturated carbocycles. The van der Waals surface area contributed by atoms with Crippen LogP contribution in [-0.2, 0) is 14.8 Å². The standard InChI is InChI=1S/C15H23N3O3S.ClH/c1-18(2)22(20,21)14-7-3-5-13(11-14)17-15(19)9-8-12-6-4-10-16-12;/h3,5,7,11-12,16H,4,6,8-10H2,1-2H3,(H,17,19);1H. The highest BCUT2D eigenvalue weighted by molar-refractivity contribution is 7.89. The first-order valence-electron chi connectivity index (χ1n) is 7.45. The van der Waals surface area contributed by atoms with E-state index in [0.717, 1.165) is 30.1 Å². The molecule has 1 saturated heterocycles. The van der Waals surface area contributed by atoms with Gasteiger partial charge in [0.25, 0.3) is 0 Å². The number of hydrogen-bond donors (Lipinski definition) is 2. The molecule has 1 fully saturated rings. The molecular formula is C15H24ClN3O3S. The number of carbonyl (C=O) groups is 1. The molecule has 1 aliphatic rings. The number of carbonyl (C=O) groups excluding carboxylic acids is 1. The smallest absolute Gasteiger partial charge is 0.242 e. The molecule has 1 aliphatic heterocycles. The zero-order valence-corrected chi connectivity index (χ0v) is 15.0. The van der Waals surface area contributed by atoms with E-state index in [0.29, 0.717) is 18.2 Å². The van der Waals surface area contributed by atoms with E-state index >= 15 is 0 Å². The Morgan fingerprint density at radius 2 is 2.13 bits per heavy atom. The first kappa shape index (κ1) is 19.9. The molecule has 8 heteroatoms. The normalized spacial score (nSPS) is 17.8. The lowest BCUT2D eigenvalue weighted by molar-refractivity contribution is -0.116. The average Bonchev–Trinajstić information content (AvgIpc) is 2.98. The summed E-state index contributed by atoms with van der Waals surface area (Å²) >= 11 is 0. The maximum atomic E-state index is 12.1. The zero-order valence-electron chi connectivity index (χ0n) is 13.4. The molecule has 0 bridgehead atoms. The topological polar surface area (TPSA) is 78.5 Å². The van der Waals surface area contributed by atoms with Gasteiger partial charge in [-0.25, -0.2) is 12.7 Å². The van der Waals surface area contributed by atoms with E-state index in [1.165, 1.54) is 26.2 Å². The SMILES string of the molecule is CN(C)S(=O)(=O)c1cccc(NC(=O)CCC2CCCN2)c1.Cl. The van der Waals surface area contributed by atoms with Crippen LogP contribution in [0.15, 0.2) is 29.2 Å². The molecule has 1 atom stereocenters. The minimum atomic E-state index is -3.49.